The van der Waals surface area contributed by atoms with E-state index >= 15 is 0 Å². The maximum absolute atomic E-state index is 5.16. The maximum Gasteiger partial charge on any atom is 0.0608 e. The lowest BCUT2D eigenvalue weighted by Crippen LogP contribution is -2.35. The number of aryl methyl sites for hydroxylation is 2. The lowest BCUT2D eigenvalue weighted by Gasteiger charge is -2.40. The van der Waals surface area contributed by atoms with Crippen molar-refractivity contribution < 1.29 is 0 Å². The molecule has 1 fully saturated rings. The Labute approximate surface area is 174 Å². The molecule has 0 saturated carbocycles. The van der Waals surface area contributed by atoms with Gasteiger partial charge in [-0.1, -0.05) is 17.7 Å². The molecular formula is C25H32N4. The van der Waals surface area contributed by atoms with E-state index in [0.717, 1.165) is 37.8 Å². The Morgan fingerprint density at radius 2 is 1.76 bits per heavy atom. The summed E-state index contributed by atoms with van der Waals surface area (Å²) in [6.45, 7) is 6.57. The average molecular weight is 389 g/mol. The monoisotopic (exact) mass is 388 g/mol. The summed E-state index contributed by atoms with van der Waals surface area (Å²) >= 11 is 0. The maximum atomic E-state index is 5.16. The van der Waals surface area contributed by atoms with Crippen LogP contribution in [0.4, 0.5) is 0 Å². The van der Waals surface area contributed by atoms with Crippen molar-refractivity contribution >= 4 is 6.21 Å². The summed E-state index contributed by atoms with van der Waals surface area (Å²) in [6.07, 6.45) is 10.5. The predicted molar refractivity (Wildman–Crippen MR) is 119 cm³/mol. The molecule has 4 nitrogen and oxygen atoms in total. The molecule has 29 heavy (non-hydrogen) atoms. The second-order valence-electron chi connectivity index (χ2n) is 8.59. The van der Waals surface area contributed by atoms with Crippen LogP contribution in [0.25, 0.3) is 0 Å². The van der Waals surface area contributed by atoms with Crippen LogP contribution in [0.3, 0.4) is 0 Å². The first-order chi connectivity index (χ1) is 14.0. The highest BCUT2D eigenvalue weighted by atomic mass is 15.2. The first-order valence-corrected chi connectivity index (χ1v) is 10.9. The molecule has 0 amide bonds. The van der Waals surface area contributed by atoms with Crippen LogP contribution in [-0.4, -0.2) is 28.1 Å². The fourth-order valence-electron chi connectivity index (χ4n) is 4.74. The van der Waals surface area contributed by atoms with Gasteiger partial charge in [0.1, 0.15) is 0 Å². The highest BCUT2D eigenvalue weighted by Crippen LogP contribution is 2.40. The van der Waals surface area contributed by atoms with Gasteiger partial charge in [-0.2, -0.15) is 0 Å². The van der Waals surface area contributed by atoms with E-state index < -0.39 is 0 Å². The third-order valence-corrected chi connectivity index (χ3v) is 6.55. The van der Waals surface area contributed by atoms with Gasteiger partial charge in [-0.05, 0) is 83.2 Å². The number of likely N-dealkylation sites (tertiary alicyclic amines) is 1. The first kappa shape index (κ1) is 20.0. The quantitative estimate of drug-likeness (QED) is 0.677. The molecule has 4 rings (SSSR count). The highest BCUT2D eigenvalue weighted by Gasteiger charge is 2.32. The van der Waals surface area contributed by atoms with Crippen molar-refractivity contribution in [1.82, 2.24) is 14.9 Å². The van der Waals surface area contributed by atoms with Crippen LogP contribution in [0.1, 0.15) is 79.3 Å². The van der Waals surface area contributed by atoms with Crippen LogP contribution >= 0.6 is 0 Å². The Morgan fingerprint density at radius 1 is 1.00 bits per heavy atom. The highest BCUT2D eigenvalue weighted by molar-refractivity contribution is 5.61. The van der Waals surface area contributed by atoms with Crippen LogP contribution in [-0.2, 0) is 6.42 Å². The van der Waals surface area contributed by atoms with Crippen molar-refractivity contribution in [2.75, 3.05) is 7.05 Å². The number of pyridine rings is 2. The largest absolute Gasteiger partial charge is 0.289 e. The molecule has 152 valence electrons. The van der Waals surface area contributed by atoms with E-state index in [4.69, 9.17) is 9.97 Å². The van der Waals surface area contributed by atoms with E-state index in [9.17, 15) is 0 Å². The predicted octanol–water partition coefficient (Wildman–Crippen LogP) is 5.67. The molecule has 2 aliphatic heterocycles. The van der Waals surface area contributed by atoms with Gasteiger partial charge in [0.15, 0.2) is 0 Å². The van der Waals surface area contributed by atoms with Gasteiger partial charge in [-0.25, -0.2) is 0 Å². The first-order valence-electron chi connectivity index (χ1n) is 10.9. The van der Waals surface area contributed by atoms with Crippen molar-refractivity contribution in [3.63, 3.8) is 0 Å². The SMILES string of the molecule is CC1=C(Cc2ccc(C)c(C3CCCC(c4ncccc4C)N3C)n2)N=CCC1. The second-order valence-corrected chi connectivity index (χ2v) is 8.59. The van der Waals surface area contributed by atoms with Gasteiger partial charge in [0, 0.05) is 30.2 Å². The smallest absolute Gasteiger partial charge is 0.0608 e. The molecule has 4 heterocycles. The van der Waals surface area contributed by atoms with Gasteiger partial charge in [0.2, 0.25) is 0 Å². The van der Waals surface area contributed by atoms with E-state index in [0.29, 0.717) is 12.1 Å². The molecule has 0 aliphatic carbocycles. The normalized spacial score (nSPS) is 22.9. The van der Waals surface area contributed by atoms with Crippen molar-refractivity contribution in [2.45, 2.75) is 71.4 Å². The number of piperidine rings is 1. The average Bonchev–Trinajstić information content (AvgIpc) is 2.72. The Morgan fingerprint density at radius 3 is 2.52 bits per heavy atom. The summed E-state index contributed by atoms with van der Waals surface area (Å²) in [4.78, 5) is 17.0. The zero-order chi connectivity index (χ0) is 20.4. The second kappa shape index (κ2) is 8.58. The summed E-state index contributed by atoms with van der Waals surface area (Å²) in [5.74, 6) is 0. The summed E-state index contributed by atoms with van der Waals surface area (Å²) in [6, 6.07) is 9.30. The summed E-state index contributed by atoms with van der Waals surface area (Å²) < 4.78 is 0. The third kappa shape index (κ3) is 4.18. The zero-order valence-electron chi connectivity index (χ0n) is 18.2. The molecule has 0 spiro atoms. The van der Waals surface area contributed by atoms with Crippen molar-refractivity contribution in [3.8, 4) is 0 Å². The number of nitrogens with zero attached hydrogens (tertiary/aromatic N) is 4. The molecule has 0 radical (unpaired) electrons. The number of rotatable bonds is 4. The van der Waals surface area contributed by atoms with Crippen molar-refractivity contribution in [1.29, 1.82) is 0 Å². The summed E-state index contributed by atoms with van der Waals surface area (Å²) in [7, 11) is 2.24. The molecule has 0 aromatic carbocycles. The molecule has 2 aromatic heterocycles. The topological polar surface area (TPSA) is 41.4 Å². The van der Waals surface area contributed by atoms with Gasteiger partial charge in [-0.3, -0.25) is 19.9 Å². The Balaban J connectivity index is 1.62. The van der Waals surface area contributed by atoms with Crippen molar-refractivity contribution in [3.05, 3.63) is 69.9 Å². The van der Waals surface area contributed by atoms with E-state index in [1.54, 1.807) is 0 Å². The summed E-state index contributed by atoms with van der Waals surface area (Å²) in [5, 5.41) is 0. The fourth-order valence-corrected chi connectivity index (χ4v) is 4.74. The van der Waals surface area contributed by atoms with Gasteiger partial charge >= 0.3 is 0 Å². The Kier molecular flexibility index (Phi) is 5.91. The van der Waals surface area contributed by atoms with Crippen LogP contribution in [0.2, 0.25) is 0 Å². The molecule has 0 bridgehead atoms. The zero-order valence-corrected chi connectivity index (χ0v) is 18.2. The lowest BCUT2D eigenvalue weighted by atomic mass is 9.89. The van der Waals surface area contributed by atoms with E-state index in [2.05, 4.69) is 55.9 Å². The van der Waals surface area contributed by atoms with E-state index in [1.165, 1.54) is 40.2 Å². The molecule has 2 unspecified atom stereocenters. The third-order valence-electron chi connectivity index (χ3n) is 6.55. The lowest BCUT2D eigenvalue weighted by molar-refractivity contribution is 0.108. The Hall–Kier alpha value is -2.33. The minimum absolute atomic E-state index is 0.333. The molecule has 2 aromatic rings. The number of aliphatic imine (C=N–C) groups is 1. The van der Waals surface area contributed by atoms with Crippen LogP contribution < -0.4 is 0 Å². The molecular weight excluding hydrogens is 356 g/mol. The standard InChI is InChI=1S/C25H32N4/c1-17-8-6-14-26-21(17)16-20-13-12-19(3)25(28-20)23-11-5-10-22(29(23)4)24-18(2)9-7-15-27-24/h7,9,12-15,22-23H,5-6,8,10-11,16H2,1-4H3. The molecule has 4 heteroatoms. The van der Waals surface area contributed by atoms with Gasteiger partial charge in [0.05, 0.1) is 23.5 Å². The van der Waals surface area contributed by atoms with Crippen molar-refractivity contribution in [2.24, 2.45) is 4.99 Å². The summed E-state index contributed by atoms with van der Waals surface area (Å²) in [5.41, 5.74) is 8.72. The van der Waals surface area contributed by atoms with Gasteiger partial charge in [0.25, 0.3) is 0 Å². The van der Waals surface area contributed by atoms with Gasteiger partial charge < -0.3 is 0 Å². The van der Waals surface area contributed by atoms with Crippen LogP contribution in [0.15, 0.2) is 46.7 Å². The number of hydrogen-bond acceptors (Lipinski definition) is 4. The van der Waals surface area contributed by atoms with E-state index in [-0.39, 0.29) is 0 Å². The molecule has 0 N–H and O–H groups in total. The molecule has 2 atom stereocenters. The van der Waals surface area contributed by atoms with Crippen LogP contribution in [0, 0.1) is 13.8 Å². The number of allylic oxidation sites excluding steroid dienone is 2. The number of hydrogen-bond donors (Lipinski definition) is 0. The van der Waals surface area contributed by atoms with Gasteiger partial charge in [-0.15, -0.1) is 0 Å². The number of aromatic nitrogens is 2. The molecule has 2 aliphatic rings. The molecule has 1 saturated heterocycles. The minimum Gasteiger partial charge on any atom is -0.289 e. The van der Waals surface area contributed by atoms with Crippen LogP contribution in [0.5, 0.6) is 0 Å². The Bertz CT molecular complexity index is 944. The fraction of sp³-hybridized carbons (Fsp3) is 0.480. The van der Waals surface area contributed by atoms with E-state index in [1.807, 2.05) is 18.5 Å². The minimum atomic E-state index is 0.333.